The summed E-state index contributed by atoms with van der Waals surface area (Å²) in [7, 11) is -2.46. The number of halogens is 1. The van der Waals surface area contributed by atoms with Crippen LogP contribution in [0.25, 0.3) is 0 Å². The lowest BCUT2D eigenvalue weighted by molar-refractivity contribution is -0.137. The maximum atomic E-state index is 12.5. The first kappa shape index (κ1) is 16.3. The molecule has 0 bridgehead atoms. The molecule has 1 saturated carbocycles. The minimum absolute atomic E-state index is 0.00425. The molecule has 1 aromatic rings. The van der Waals surface area contributed by atoms with Crippen molar-refractivity contribution in [2.24, 2.45) is 5.92 Å². The maximum Gasteiger partial charge on any atom is 0.304 e. The fourth-order valence-electron chi connectivity index (χ4n) is 2.11. The fourth-order valence-corrected chi connectivity index (χ4v) is 4.13. The number of methoxy groups -OCH3 is 1. The van der Waals surface area contributed by atoms with Crippen LogP contribution in [0.15, 0.2) is 27.6 Å². The van der Waals surface area contributed by atoms with Crippen molar-refractivity contribution in [1.29, 1.82) is 0 Å². The molecule has 0 amide bonds. The van der Waals surface area contributed by atoms with Gasteiger partial charge in [0.05, 0.1) is 13.5 Å². The molecule has 1 fully saturated rings. The van der Waals surface area contributed by atoms with Gasteiger partial charge in [0.15, 0.2) is 0 Å². The van der Waals surface area contributed by atoms with Crippen molar-refractivity contribution in [3.05, 3.63) is 22.7 Å². The van der Waals surface area contributed by atoms with E-state index in [-0.39, 0.29) is 23.0 Å². The lowest BCUT2D eigenvalue weighted by Gasteiger charge is -2.17. The molecule has 1 aromatic carbocycles. The summed E-state index contributed by atoms with van der Waals surface area (Å²) >= 11 is 3.22. The molecule has 1 aliphatic rings. The summed E-state index contributed by atoms with van der Waals surface area (Å²) in [5, 5.41) is 8.91. The van der Waals surface area contributed by atoms with Gasteiger partial charge in [0.2, 0.25) is 10.0 Å². The predicted molar refractivity (Wildman–Crippen MR) is 79.8 cm³/mol. The normalized spacial score (nSPS) is 16.5. The van der Waals surface area contributed by atoms with Crippen LogP contribution in [-0.4, -0.2) is 32.6 Å². The van der Waals surface area contributed by atoms with E-state index in [1.54, 1.807) is 12.1 Å². The molecule has 0 spiro atoms. The van der Waals surface area contributed by atoms with Gasteiger partial charge in [-0.2, -0.15) is 0 Å². The highest BCUT2D eigenvalue weighted by molar-refractivity contribution is 9.10. The summed E-state index contributed by atoms with van der Waals surface area (Å²) in [6.07, 6.45) is 1.46. The van der Waals surface area contributed by atoms with E-state index < -0.39 is 22.0 Å². The number of nitrogens with one attached hydrogen (secondary N) is 1. The Bertz CT molecular complexity index is 642. The number of hydrogen-bond acceptors (Lipinski definition) is 4. The van der Waals surface area contributed by atoms with Gasteiger partial charge in [-0.3, -0.25) is 4.79 Å². The molecule has 21 heavy (non-hydrogen) atoms. The minimum atomic E-state index is -3.84. The van der Waals surface area contributed by atoms with Crippen LogP contribution in [0.5, 0.6) is 5.75 Å². The summed E-state index contributed by atoms with van der Waals surface area (Å²) in [4.78, 5) is 10.9. The van der Waals surface area contributed by atoms with E-state index in [9.17, 15) is 13.2 Å². The highest BCUT2D eigenvalue weighted by atomic mass is 79.9. The Hall–Kier alpha value is -1.12. The zero-order valence-corrected chi connectivity index (χ0v) is 13.8. The zero-order chi connectivity index (χ0) is 15.6. The Labute approximate surface area is 131 Å². The van der Waals surface area contributed by atoms with Gasteiger partial charge in [-0.15, -0.1) is 0 Å². The van der Waals surface area contributed by atoms with Crippen LogP contribution < -0.4 is 9.46 Å². The van der Waals surface area contributed by atoms with Crippen LogP contribution in [0.1, 0.15) is 19.3 Å². The topological polar surface area (TPSA) is 92.7 Å². The van der Waals surface area contributed by atoms with Gasteiger partial charge in [0.1, 0.15) is 10.6 Å². The van der Waals surface area contributed by atoms with E-state index in [1.165, 1.54) is 13.2 Å². The molecule has 116 valence electrons. The second-order valence-corrected chi connectivity index (χ2v) is 7.56. The quantitative estimate of drug-likeness (QED) is 0.757. The summed E-state index contributed by atoms with van der Waals surface area (Å²) in [6, 6.07) is 4.07. The van der Waals surface area contributed by atoms with Crippen LogP contribution in [0, 0.1) is 5.92 Å². The van der Waals surface area contributed by atoms with E-state index in [4.69, 9.17) is 9.84 Å². The van der Waals surface area contributed by atoms with Gasteiger partial charge < -0.3 is 9.84 Å². The largest absolute Gasteiger partial charge is 0.495 e. The molecular formula is C13H16BrNO5S. The lowest BCUT2D eigenvalue weighted by atomic mass is 10.1. The van der Waals surface area contributed by atoms with Gasteiger partial charge in [-0.1, -0.05) is 15.9 Å². The third-order valence-corrected chi connectivity index (χ3v) is 5.31. The first-order valence-corrected chi connectivity index (χ1v) is 8.69. The van der Waals surface area contributed by atoms with E-state index in [1.807, 2.05) is 0 Å². The average Bonchev–Trinajstić information content (AvgIpc) is 3.21. The highest BCUT2D eigenvalue weighted by Gasteiger charge is 2.36. The number of carboxylic acid groups (broad SMARTS) is 1. The van der Waals surface area contributed by atoms with Crippen LogP contribution in [0.3, 0.4) is 0 Å². The Kier molecular flexibility index (Phi) is 4.90. The number of carboxylic acids is 1. The lowest BCUT2D eigenvalue weighted by Crippen LogP contribution is -2.38. The van der Waals surface area contributed by atoms with E-state index in [0.717, 1.165) is 12.8 Å². The van der Waals surface area contributed by atoms with E-state index in [2.05, 4.69) is 20.7 Å². The van der Waals surface area contributed by atoms with E-state index in [0.29, 0.717) is 4.47 Å². The summed E-state index contributed by atoms with van der Waals surface area (Å²) in [5.41, 5.74) is 0. The van der Waals surface area contributed by atoms with Crippen molar-refractivity contribution < 1.29 is 23.1 Å². The van der Waals surface area contributed by atoms with Crippen molar-refractivity contribution in [3.63, 3.8) is 0 Å². The molecule has 1 aliphatic carbocycles. The zero-order valence-electron chi connectivity index (χ0n) is 11.4. The molecule has 1 unspecified atom stereocenters. The molecule has 0 aromatic heterocycles. The monoisotopic (exact) mass is 377 g/mol. The van der Waals surface area contributed by atoms with Crippen LogP contribution >= 0.6 is 15.9 Å². The van der Waals surface area contributed by atoms with Gasteiger partial charge >= 0.3 is 5.97 Å². The first-order chi connectivity index (χ1) is 9.83. The minimum Gasteiger partial charge on any atom is -0.495 e. The third-order valence-electron chi connectivity index (χ3n) is 3.31. The molecule has 0 radical (unpaired) electrons. The van der Waals surface area contributed by atoms with Gasteiger partial charge in [0.25, 0.3) is 0 Å². The SMILES string of the molecule is COc1ccc(Br)cc1S(=O)(=O)NC(CC(=O)O)C1CC1. The smallest absolute Gasteiger partial charge is 0.304 e. The van der Waals surface area contributed by atoms with Crippen LogP contribution in [0.4, 0.5) is 0 Å². The Morgan fingerprint density at radius 3 is 2.71 bits per heavy atom. The first-order valence-electron chi connectivity index (χ1n) is 6.41. The van der Waals surface area contributed by atoms with Crippen LogP contribution in [-0.2, 0) is 14.8 Å². The molecular weight excluding hydrogens is 362 g/mol. The number of carbonyl (C=O) groups is 1. The van der Waals surface area contributed by atoms with Gasteiger partial charge in [-0.25, -0.2) is 13.1 Å². The number of ether oxygens (including phenoxy) is 1. The standard InChI is InChI=1S/C13H16BrNO5S/c1-20-11-5-4-9(14)6-12(11)21(18,19)15-10(7-13(16)17)8-2-3-8/h4-6,8,10,15H,2-3,7H2,1H3,(H,16,17). The average molecular weight is 378 g/mol. The Morgan fingerprint density at radius 2 is 2.19 bits per heavy atom. The predicted octanol–water partition coefficient (Wildman–Crippen LogP) is 1.99. The number of sulfonamides is 1. The van der Waals surface area contributed by atoms with E-state index >= 15 is 0 Å². The molecule has 2 N–H and O–H groups in total. The Morgan fingerprint density at radius 1 is 1.52 bits per heavy atom. The van der Waals surface area contributed by atoms with Crippen molar-refractivity contribution in [2.45, 2.75) is 30.2 Å². The number of benzene rings is 1. The van der Waals surface area contributed by atoms with Crippen molar-refractivity contribution in [2.75, 3.05) is 7.11 Å². The number of rotatable bonds is 7. The van der Waals surface area contributed by atoms with Gasteiger partial charge in [-0.05, 0) is 37.0 Å². The van der Waals surface area contributed by atoms with Crippen LogP contribution in [0.2, 0.25) is 0 Å². The second-order valence-electron chi connectivity index (χ2n) is 4.96. The molecule has 8 heteroatoms. The van der Waals surface area contributed by atoms with Gasteiger partial charge in [0, 0.05) is 10.5 Å². The molecule has 0 saturated heterocycles. The molecule has 0 heterocycles. The number of aliphatic carboxylic acids is 1. The summed E-state index contributed by atoms with van der Waals surface area (Å²) in [6.45, 7) is 0. The number of hydrogen-bond donors (Lipinski definition) is 2. The fraction of sp³-hybridized carbons (Fsp3) is 0.462. The summed E-state index contributed by atoms with van der Waals surface area (Å²) < 4.78 is 33.1. The molecule has 2 rings (SSSR count). The highest BCUT2D eigenvalue weighted by Crippen LogP contribution is 2.35. The Balaban J connectivity index is 2.28. The van der Waals surface area contributed by atoms with Crippen molar-refractivity contribution in [3.8, 4) is 5.75 Å². The second kappa shape index (κ2) is 6.33. The molecule has 1 atom stereocenters. The molecule has 0 aliphatic heterocycles. The third kappa shape index (κ3) is 4.18. The van der Waals surface area contributed by atoms with Crippen molar-refractivity contribution >= 4 is 31.9 Å². The van der Waals surface area contributed by atoms with Crippen molar-refractivity contribution in [1.82, 2.24) is 4.72 Å². The maximum absolute atomic E-state index is 12.5. The summed E-state index contributed by atoms with van der Waals surface area (Å²) in [5.74, 6) is -0.708. The molecule has 6 nitrogen and oxygen atoms in total.